The Morgan fingerprint density at radius 1 is 1.32 bits per heavy atom. The van der Waals surface area contributed by atoms with Crippen LogP contribution in [0.2, 0.25) is 0 Å². The summed E-state index contributed by atoms with van der Waals surface area (Å²) >= 11 is 6.30. The molecule has 28 heavy (non-hydrogen) atoms. The molecule has 1 aliphatic carbocycles. The van der Waals surface area contributed by atoms with Gasteiger partial charge in [0.1, 0.15) is 16.8 Å². The van der Waals surface area contributed by atoms with E-state index in [2.05, 4.69) is 84.2 Å². The van der Waals surface area contributed by atoms with Crippen LogP contribution in [0.4, 0.5) is 5.00 Å². The van der Waals surface area contributed by atoms with Gasteiger partial charge in [-0.25, -0.2) is 4.99 Å². The summed E-state index contributed by atoms with van der Waals surface area (Å²) in [6, 6.07) is 6.57. The summed E-state index contributed by atoms with van der Waals surface area (Å²) in [7, 11) is 0. The maximum atomic E-state index is 9.73. The molecule has 0 spiro atoms. The van der Waals surface area contributed by atoms with Crippen molar-refractivity contribution in [1.82, 2.24) is 0 Å². The molecule has 0 unspecified atom stereocenters. The van der Waals surface area contributed by atoms with E-state index >= 15 is 0 Å². The highest BCUT2D eigenvalue weighted by molar-refractivity contribution is 14.1. The second-order valence-electron chi connectivity index (χ2n) is 8.11. The molecule has 0 saturated heterocycles. The van der Waals surface area contributed by atoms with E-state index in [4.69, 9.17) is 9.73 Å². The highest BCUT2D eigenvalue weighted by atomic mass is 127. The highest BCUT2D eigenvalue weighted by Crippen LogP contribution is 2.44. The van der Waals surface area contributed by atoms with Crippen molar-refractivity contribution >= 4 is 67.7 Å². The van der Waals surface area contributed by atoms with Crippen LogP contribution in [0.25, 0.3) is 0 Å². The Bertz CT molecular complexity index is 928. The molecule has 148 valence electrons. The lowest BCUT2D eigenvalue weighted by molar-refractivity contribution is 0.218. The van der Waals surface area contributed by atoms with Gasteiger partial charge in [-0.1, -0.05) is 20.8 Å². The van der Waals surface area contributed by atoms with Gasteiger partial charge in [0.2, 0.25) is 0 Å². The van der Waals surface area contributed by atoms with Gasteiger partial charge in [0.25, 0.3) is 0 Å². The number of hydrogen-bond donors (Lipinski definition) is 0. The summed E-state index contributed by atoms with van der Waals surface area (Å²) in [6.45, 7) is 9.59. The number of fused-ring (bicyclic) bond motifs is 1. The molecule has 1 atom stereocenters. The van der Waals surface area contributed by atoms with Gasteiger partial charge in [0, 0.05) is 11.1 Å². The number of thiophene rings is 1. The fraction of sp³-hybridized carbons (Fsp3) is 0.455. The maximum absolute atomic E-state index is 9.73. The molecule has 0 radical (unpaired) electrons. The van der Waals surface area contributed by atoms with Crippen molar-refractivity contribution < 1.29 is 4.74 Å². The minimum absolute atomic E-state index is 0.299. The summed E-state index contributed by atoms with van der Waals surface area (Å²) in [4.78, 5) is 6.07. The van der Waals surface area contributed by atoms with E-state index in [1.54, 1.807) is 11.3 Å². The second-order valence-corrected chi connectivity index (χ2v) is 11.5. The Labute approximate surface area is 198 Å². The average Bonchev–Trinajstić information content (AvgIpc) is 2.99. The molecule has 6 heteroatoms. The van der Waals surface area contributed by atoms with Crippen LogP contribution in [0.5, 0.6) is 5.75 Å². The molecule has 1 aliphatic rings. The molecule has 0 fully saturated rings. The van der Waals surface area contributed by atoms with Gasteiger partial charge in [-0.05, 0) is 106 Å². The van der Waals surface area contributed by atoms with Crippen LogP contribution >= 0.6 is 56.5 Å². The van der Waals surface area contributed by atoms with E-state index in [0.717, 1.165) is 48.3 Å². The van der Waals surface area contributed by atoms with Gasteiger partial charge in [-0.2, -0.15) is 5.26 Å². The molecule has 1 aromatic carbocycles. The van der Waals surface area contributed by atoms with Crippen molar-refractivity contribution in [2.24, 2.45) is 16.3 Å². The number of nitriles is 1. The molecular weight excluding hydrogens is 594 g/mol. The predicted molar refractivity (Wildman–Crippen MR) is 134 cm³/mol. The van der Waals surface area contributed by atoms with Crippen LogP contribution in [0.1, 0.15) is 55.7 Å². The summed E-state index contributed by atoms with van der Waals surface area (Å²) in [5, 5.41) is 10.6. The average molecular weight is 618 g/mol. The first-order chi connectivity index (χ1) is 13.2. The topological polar surface area (TPSA) is 45.4 Å². The number of nitrogens with zero attached hydrogens (tertiary/aromatic N) is 2. The highest BCUT2D eigenvalue weighted by Gasteiger charge is 2.32. The van der Waals surface area contributed by atoms with Crippen molar-refractivity contribution in [3.05, 3.63) is 40.8 Å². The largest absolute Gasteiger partial charge is 0.492 e. The van der Waals surface area contributed by atoms with E-state index in [9.17, 15) is 5.26 Å². The third-order valence-electron chi connectivity index (χ3n) is 5.22. The molecule has 0 amide bonds. The zero-order valence-corrected chi connectivity index (χ0v) is 21.7. The zero-order valence-electron chi connectivity index (χ0n) is 16.6. The van der Waals surface area contributed by atoms with E-state index in [1.807, 2.05) is 13.1 Å². The van der Waals surface area contributed by atoms with E-state index in [-0.39, 0.29) is 0 Å². The Morgan fingerprint density at radius 3 is 2.57 bits per heavy atom. The summed E-state index contributed by atoms with van der Waals surface area (Å²) in [5.74, 6) is 1.59. The third-order valence-corrected chi connectivity index (χ3v) is 7.99. The minimum Gasteiger partial charge on any atom is -0.492 e. The number of hydrogen-bond acceptors (Lipinski definition) is 4. The van der Waals surface area contributed by atoms with Crippen molar-refractivity contribution in [2.75, 3.05) is 6.61 Å². The lowest BCUT2D eigenvalue weighted by atomic mass is 9.72. The van der Waals surface area contributed by atoms with Crippen LogP contribution < -0.4 is 4.74 Å². The molecule has 2 aromatic rings. The van der Waals surface area contributed by atoms with Crippen molar-refractivity contribution in [3.63, 3.8) is 0 Å². The van der Waals surface area contributed by atoms with Crippen LogP contribution in [0, 0.1) is 29.8 Å². The standard InChI is InChI=1S/C22H24I2N2OS/c1-5-27-20-17(23)8-13(9-18(20)24)12-26-21-16(11-25)15-7-6-14(22(2,3)4)10-19(15)28-21/h8-9,12,14H,5-7,10H2,1-4H3/t14-/m0/s1. The van der Waals surface area contributed by atoms with Gasteiger partial charge in [-0.15, -0.1) is 11.3 Å². The molecule has 3 rings (SSSR count). The maximum Gasteiger partial charge on any atom is 0.145 e. The van der Waals surface area contributed by atoms with Crippen LogP contribution in [0.15, 0.2) is 17.1 Å². The fourth-order valence-corrected chi connectivity index (χ4v) is 6.94. The lowest BCUT2D eigenvalue weighted by Gasteiger charge is -2.33. The quantitative estimate of drug-likeness (QED) is 0.271. The van der Waals surface area contributed by atoms with Crippen LogP contribution in [-0.4, -0.2) is 12.8 Å². The Morgan fingerprint density at radius 2 is 2.00 bits per heavy atom. The van der Waals surface area contributed by atoms with Gasteiger partial charge in [0.05, 0.1) is 19.3 Å². The lowest BCUT2D eigenvalue weighted by Crippen LogP contribution is -2.26. The molecule has 0 N–H and O–H groups in total. The van der Waals surface area contributed by atoms with E-state index in [1.165, 1.54) is 10.4 Å². The molecule has 0 bridgehead atoms. The van der Waals surface area contributed by atoms with Crippen LogP contribution in [0.3, 0.4) is 0 Å². The molecule has 3 nitrogen and oxygen atoms in total. The molecule has 1 heterocycles. The normalized spacial score (nSPS) is 16.8. The zero-order chi connectivity index (χ0) is 20.5. The molecule has 0 saturated carbocycles. The first-order valence-corrected chi connectivity index (χ1v) is 12.4. The Hall–Kier alpha value is -0.660. The number of halogens is 2. The van der Waals surface area contributed by atoms with Crippen molar-refractivity contribution in [2.45, 2.75) is 47.0 Å². The van der Waals surface area contributed by atoms with Crippen LogP contribution in [-0.2, 0) is 12.8 Å². The van der Waals surface area contributed by atoms with Crippen molar-refractivity contribution in [3.8, 4) is 11.8 Å². The SMILES string of the molecule is CCOc1c(I)cc(C=Nc2sc3c(c2C#N)CC[C@H](C(C)(C)C)C3)cc1I. The number of ether oxygens (including phenoxy) is 1. The third kappa shape index (κ3) is 4.73. The number of rotatable bonds is 4. The monoisotopic (exact) mass is 618 g/mol. The van der Waals surface area contributed by atoms with Crippen molar-refractivity contribution in [1.29, 1.82) is 5.26 Å². The number of benzene rings is 1. The van der Waals surface area contributed by atoms with Gasteiger partial charge >= 0.3 is 0 Å². The minimum atomic E-state index is 0.299. The summed E-state index contributed by atoms with van der Waals surface area (Å²) < 4.78 is 7.87. The number of aliphatic imine (C=N–C) groups is 1. The summed E-state index contributed by atoms with van der Waals surface area (Å²) in [6.07, 6.45) is 5.08. The second kappa shape index (κ2) is 9.00. The van der Waals surface area contributed by atoms with Gasteiger partial charge in [0.15, 0.2) is 0 Å². The molecule has 1 aromatic heterocycles. The molecule has 0 aliphatic heterocycles. The first kappa shape index (κ1) is 22.0. The van der Waals surface area contributed by atoms with Gasteiger partial charge in [-0.3, -0.25) is 0 Å². The summed E-state index contributed by atoms with van der Waals surface area (Å²) in [5.41, 5.74) is 3.34. The van der Waals surface area contributed by atoms with E-state index < -0.39 is 0 Å². The molecular formula is C22H24I2N2OS. The predicted octanol–water partition coefficient (Wildman–Crippen LogP) is 7.13. The first-order valence-electron chi connectivity index (χ1n) is 9.45. The van der Waals surface area contributed by atoms with E-state index in [0.29, 0.717) is 17.9 Å². The fourth-order valence-electron chi connectivity index (χ4n) is 3.59. The Kier molecular flexibility index (Phi) is 7.09. The Balaban J connectivity index is 1.90. The smallest absolute Gasteiger partial charge is 0.145 e. The van der Waals surface area contributed by atoms with Gasteiger partial charge < -0.3 is 4.74 Å².